The number of phenols is 1. The predicted molar refractivity (Wildman–Crippen MR) is 69.7 cm³/mol. The molecule has 0 radical (unpaired) electrons. The van der Waals surface area contributed by atoms with Crippen LogP contribution in [0.2, 0.25) is 5.02 Å². The maximum atomic E-state index is 10.9. The summed E-state index contributed by atoms with van der Waals surface area (Å²) in [6, 6.07) is 1.53. The van der Waals surface area contributed by atoms with Crippen molar-refractivity contribution in [3.63, 3.8) is 0 Å². The van der Waals surface area contributed by atoms with Crippen LogP contribution < -0.4 is 4.74 Å². The Morgan fingerprint density at radius 3 is 2.50 bits per heavy atom. The number of hydrogen-bond acceptors (Lipinski definition) is 3. The van der Waals surface area contributed by atoms with Crippen LogP contribution >= 0.6 is 11.6 Å². The number of carboxylic acids is 1. The van der Waals surface area contributed by atoms with Gasteiger partial charge in [0.25, 0.3) is 0 Å². The van der Waals surface area contributed by atoms with E-state index in [1.807, 2.05) is 0 Å². The molecule has 5 heteroatoms. The van der Waals surface area contributed by atoms with Crippen molar-refractivity contribution in [2.75, 3.05) is 7.11 Å². The van der Waals surface area contributed by atoms with Crippen LogP contribution in [0.4, 0.5) is 0 Å². The lowest BCUT2D eigenvalue weighted by atomic mass is 9.79. The fourth-order valence-corrected chi connectivity index (χ4v) is 2.81. The first-order valence-corrected chi connectivity index (χ1v) is 5.87. The van der Waals surface area contributed by atoms with E-state index < -0.39 is 11.4 Å². The summed E-state index contributed by atoms with van der Waals surface area (Å²) >= 11 is 6.21. The van der Waals surface area contributed by atoms with Crippen molar-refractivity contribution in [2.24, 2.45) is 0 Å². The fourth-order valence-electron chi connectivity index (χ4n) is 2.23. The van der Waals surface area contributed by atoms with E-state index >= 15 is 0 Å². The quantitative estimate of drug-likeness (QED) is 0.884. The first-order valence-electron chi connectivity index (χ1n) is 5.49. The van der Waals surface area contributed by atoms with E-state index in [4.69, 9.17) is 21.4 Å². The highest BCUT2D eigenvalue weighted by Crippen LogP contribution is 2.44. The second kappa shape index (κ2) is 5.06. The molecule has 0 bridgehead atoms. The minimum atomic E-state index is -0.900. The fraction of sp³-hybridized carbons (Fsp3) is 0.462. The first-order chi connectivity index (χ1) is 8.20. The average molecular weight is 273 g/mol. The monoisotopic (exact) mass is 272 g/mol. The zero-order valence-corrected chi connectivity index (χ0v) is 11.6. The van der Waals surface area contributed by atoms with Crippen LogP contribution in [0.15, 0.2) is 6.07 Å². The number of rotatable bonds is 4. The highest BCUT2D eigenvalue weighted by molar-refractivity contribution is 6.33. The van der Waals surface area contributed by atoms with Gasteiger partial charge in [-0.1, -0.05) is 25.4 Å². The number of carbonyl (C=O) groups is 1. The van der Waals surface area contributed by atoms with Gasteiger partial charge in [0.1, 0.15) is 0 Å². The molecular weight excluding hydrogens is 256 g/mol. The Morgan fingerprint density at radius 1 is 1.50 bits per heavy atom. The van der Waals surface area contributed by atoms with Gasteiger partial charge in [0.05, 0.1) is 18.6 Å². The summed E-state index contributed by atoms with van der Waals surface area (Å²) in [4.78, 5) is 10.9. The van der Waals surface area contributed by atoms with Gasteiger partial charge in [0.2, 0.25) is 0 Å². The van der Waals surface area contributed by atoms with Crippen LogP contribution in [0.25, 0.3) is 0 Å². The first kappa shape index (κ1) is 14.6. The maximum absolute atomic E-state index is 10.9. The Bertz CT molecular complexity index is 480. The van der Waals surface area contributed by atoms with E-state index in [1.54, 1.807) is 20.8 Å². The molecule has 0 saturated carbocycles. The molecule has 1 aromatic rings. The third-order valence-corrected chi connectivity index (χ3v) is 3.23. The molecule has 0 aromatic heterocycles. The normalized spacial score (nSPS) is 11.4. The number of carboxylic acid groups (broad SMARTS) is 1. The zero-order valence-electron chi connectivity index (χ0n) is 10.9. The Labute approximate surface area is 111 Å². The van der Waals surface area contributed by atoms with Crippen LogP contribution in [0.3, 0.4) is 0 Å². The molecule has 0 aliphatic heterocycles. The topological polar surface area (TPSA) is 66.8 Å². The summed E-state index contributed by atoms with van der Waals surface area (Å²) in [7, 11) is 1.41. The van der Waals surface area contributed by atoms with E-state index in [-0.39, 0.29) is 22.9 Å². The predicted octanol–water partition coefficient (Wildman–Crippen LogP) is 3.11. The average Bonchev–Trinajstić information content (AvgIpc) is 2.13. The number of phenolic OH excluding ortho intramolecular Hbond substituents is 1. The van der Waals surface area contributed by atoms with Gasteiger partial charge in [0, 0.05) is 5.41 Å². The van der Waals surface area contributed by atoms with Gasteiger partial charge in [-0.2, -0.15) is 0 Å². The lowest BCUT2D eigenvalue weighted by Gasteiger charge is -2.27. The number of aromatic hydroxyl groups is 1. The van der Waals surface area contributed by atoms with E-state index in [0.717, 1.165) is 5.56 Å². The smallest absolute Gasteiger partial charge is 0.304 e. The molecule has 0 atom stereocenters. The summed E-state index contributed by atoms with van der Waals surface area (Å²) < 4.78 is 5.04. The van der Waals surface area contributed by atoms with Gasteiger partial charge in [-0.15, -0.1) is 0 Å². The van der Waals surface area contributed by atoms with Gasteiger partial charge >= 0.3 is 5.97 Å². The van der Waals surface area contributed by atoms with E-state index in [9.17, 15) is 9.90 Å². The van der Waals surface area contributed by atoms with E-state index in [2.05, 4.69) is 0 Å². The van der Waals surface area contributed by atoms with Crippen LogP contribution in [0.5, 0.6) is 11.5 Å². The largest absolute Gasteiger partial charge is 0.504 e. The van der Waals surface area contributed by atoms with Crippen molar-refractivity contribution in [3.05, 3.63) is 22.2 Å². The molecule has 0 aliphatic carbocycles. The molecule has 1 rings (SSSR count). The van der Waals surface area contributed by atoms with Crippen LogP contribution in [0, 0.1) is 6.92 Å². The minimum Gasteiger partial charge on any atom is -0.504 e. The van der Waals surface area contributed by atoms with Gasteiger partial charge in [0.15, 0.2) is 11.5 Å². The SMILES string of the molecule is COc1c(O)cc(C)c(C(C)(C)CC(=O)O)c1Cl. The molecule has 0 aliphatic rings. The summed E-state index contributed by atoms with van der Waals surface area (Å²) in [5.41, 5.74) is 0.777. The van der Waals surface area contributed by atoms with Crippen molar-refractivity contribution >= 4 is 17.6 Å². The third-order valence-electron chi connectivity index (χ3n) is 2.87. The molecule has 0 saturated heterocycles. The molecule has 2 N–H and O–H groups in total. The lowest BCUT2D eigenvalue weighted by molar-refractivity contribution is -0.138. The van der Waals surface area contributed by atoms with Crippen molar-refractivity contribution in [1.29, 1.82) is 0 Å². The molecule has 0 unspecified atom stereocenters. The molecule has 4 nitrogen and oxygen atoms in total. The molecule has 0 spiro atoms. The molecule has 100 valence electrons. The van der Waals surface area contributed by atoms with Gasteiger partial charge in [-0.25, -0.2) is 0 Å². The van der Waals surface area contributed by atoms with Crippen LogP contribution in [-0.4, -0.2) is 23.3 Å². The Hall–Kier alpha value is -1.42. The Kier molecular flexibility index (Phi) is 4.12. The Balaban J connectivity index is 3.45. The van der Waals surface area contributed by atoms with Crippen LogP contribution in [-0.2, 0) is 10.2 Å². The lowest BCUT2D eigenvalue weighted by Crippen LogP contribution is -2.23. The molecule has 18 heavy (non-hydrogen) atoms. The molecule has 0 heterocycles. The van der Waals surface area contributed by atoms with Gasteiger partial charge in [-0.3, -0.25) is 4.79 Å². The molecule has 0 amide bonds. The van der Waals surface area contributed by atoms with Crippen LogP contribution in [0.1, 0.15) is 31.4 Å². The number of halogens is 1. The summed E-state index contributed by atoms with van der Waals surface area (Å²) in [6.45, 7) is 5.38. The zero-order chi connectivity index (χ0) is 14.1. The summed E-state index contributed by atoms with van der Waals surface area (Å²) in [6.07, 6.45) is -0.0541. The number of aryl methyl sites for hydroxylation is 1. The maximum Gasteiger partial charge on any atom is 0.304 e. The minimum absolute atomic E-state index is 0.0464. The highest BCUT2D eigenvalue weighted by atomic mass is 35.5. The second-order valence-electron chi connectivity index (χ2n) is 4.89. The van der Waals surface area contributed by atoms with Crippen molar-refractivity contribution in [1.82, 2.24) is 0 Å². The number of methoxy groups -OCH3 is 1. The molecule has 1 aromatic carbocycles. The Morgan fingerprint density at radius 2 is 2.06 bits per heavy atom. The van der Waals surface area contributed by atoms with E-state index in [1.165, 1.54) is 13.2 Å². The number of benzene rings is 1. The number of hydrogen-bond donors (Lipinski definition) is 2. The van der Waals surface area contributed by atoms with Crippen molar-refractivity contribution < 1.29 is 19.7 Å². The van der Waals surface area contributed by atoms with Crippen molar-refractivity contribution in [3.8, 4) is 11.5 Å². The molecular formula is C13H17ClO4. The third kappa shape index (κ3) is 2.70. The number of aliphatic carboxylic acids is 1. The van der Waals surface area contributed by atoms with E-state index in [0.29, 0.717) is 5.56 Å². The van der Waals surface area contributed by atoms with Gasteiger partial charge in [-0.05, 0) is 24.1 Å². The van der Waals surface area contributed by atoms with Gasteiger partial charge < -0.3 is 14.9 Å². The molecule has 0 fully saturated rings. The summed E-state index contributed by atoms with van der Waals surface area (Å²) in [5.74, 6) is -0.770. The standard InChI is InChI=1S/C13H17ClO4/c1-7-5-8(15)12(18-4)11(14)10(7)13(2,3)6-9(16)17/h5,15H,6H2,1-4H3,(H,16,17). The number of ether oxygens (including phenoxy) is 1. The summed E-state index contributed by atoms with van der Waals surface area (Å²) in [5, 5.41) is 18.9. The highest BCUT2D eigenvalue weighted by Gasteiger charge is 2.30. The van der Waals surface area contributed by atoms with Crippen molar-refractivity contribution in [2.45, 2.75) is 32.6 Å². The second-order valence-corrected chi connectivity index (χ2v) is 5.27.